The Labute approximate surface area is 183 Å². The highest BCUT2D eigenvalue weighted by atomic mass is 79.9. The summed E-state index contributed by atoms with van der Waals surface area (Å²) in [5.41, 5.74) is 4.72. The summed E-state index contributed by atoms with van der Waals surface area (Å²) in [4.78, 5) is 32.4. The number of anilines is 2. The topological polar surface area (TPSA) is 145 Å². The maximum Gasteiger partial charge on any atom is 0.323 e. The van der Waals surface area contributed by atoms with E-state index in [-0.39, 0.29) is 35.3 Å². The number of nitrogens with one attached hydrogen (secondary N) is 1. The molecule has 0 spiro atoms. The zero-order valence-corrected chi connectivity index (χ0v) is 17.9. The van der Waals surface area contributed by atoms with Crippen molar-refractivity contribution in [3.63, 3.8) is 0 Å². The van der Waals surface area contributed by atoms with Crippen LogP contribution in [0, 0.1) is 5.82 Å². The zero-order valence-electron chi connectivity index (χ0n) is 16.3. The second-order valence-corrected chi connectivity index (χ2v) is 7.75. The number of amides is 1. The molecule has 1 aliphatic heterocycles. The van der Waals surface area contributed by atoms with Crippen LogP contribution in [-0.2, 0) is 21.5 Å². The van der Waals surface area contributed by atoms with Crippen LogP contribution in [-0.4, -0.2) is 43.8 Å². The molecule has 1 unspecified atom stereocenters. The van der Waals surface area contributed by atoms with E-state index in [4.69, 9.17) is 10.5 Å². The lowest BCUT2D eigenvalue weighted by molar-refractivity contribution is -0.146. The van der Waals surface area contributed by atoms with Crippen LogP contribution < -0.4 is 15.8 Å². The molecule has 0 fully saturated rings. The van der Waals surface area contributed by atoms with Gasteiger partial charge in [0.15, 0.2) is 11.2 Å². The minimum absolute atomic E-state index is 0.00748. The summed E-state index contributed by atoms with van der Waals surface area (Å²) in [7, 11) is 1.43. The average Bonchev–Trinajstić information content (AvgIpc) is 3.17. The highest BCUT2D eigenvalue weighted by Crippen LogP contribution is 2.42. The first-order chi connectivity index (χ1) is 14.7. The fourth-order valence-corrected chi connectivity index (χ4v) is 4.00. The zero-order chi connectivity index (χ0) is 22.5. The number of methoxy groups -OCH3 is 1. The Morgan fingerprint density at radius 2 is 2.10 bits per heavy atom. The number of hydrogen-bond donors (Lipinski definition) is 3. The fraction of sp³-hybridized carbons (Fsp3) is 0.211. The number of halogens is 2. The molecular weight excluding hydrogens is 475 g/mol. The van der Waals surface area contributed by atoms with Crippen molar-refractivity contribution in [2.24, 2.45) is 0 Å². The number of nitrogens with two attached hydrogens (primary N) is 1. The molecule has 1 aromatic carbocycles. The van der Waals surface area contributed by atoms with Gasteiger partial charge in [0.1, 0.15) is 27.6 Å². The van der Waals surface area contributed by atoms with Crippen molar-refractivity contribution in [2.75, 3.05) is 18.2 Å². The Kier molecular flexibility index (Phi) is 4.88. The quantitative estimate of drug-likeness (QED) is 0.461. The number of aromatic nitrogens is 4. The summed E-state index contributed by atoms with van der Waals surface area (Å²) >= 11 is 3.39. The first-order valence-corrected chi connectivity index (χ1v) is 9.74. The van der Waals surface area contributed by atoms with E-state index in [0.29, 0.717) is 15.9 Å². The lowest BCUT2D eigenvalue weighted by Crippen LogP contribution is -2.39. The number of carbonyl (C=O) groups is 2. The van der Waals surface area contributed by atoms with Crippen molar-refractivity contribution in [2.45, 2.75) is 18.9 Å². The molecule has 0 saturated carbocycles. The predicted molar refractivity (Wildman–Crippen MR) is 111 cm³/mol. The third-order valence-corrected chi connectivity index (χ3v) is 5.80. The molecule has 1 atom stereocenters. The average molecular weight is 491 g/mol. The molecule has 0 bridgehead atoms. The normalized spacial score (nSPS) is 17.4. The number of aliphatic carboxylic acids is 1. The molecule has 12 heteroatoms. The van der Waals surface area contributed by atoms with Gasteiger partial charge in [-0.2, -0.15) is 5.10 Å². The first kappa shape index (κ1) is 20.7. The van der Waals surface area contributed by atoms with Crippen molar-refractivity contribution in [1.29, 1.82) is 0 Å². The number of rotatable bonds is 5. The summed E-state index contributed by atoms with van der Waals surface area (Å²) < 4.78 is 21.3. The molecule has 1 amide bonds. The Balaban J connectivity index is 1.82. The van der Waals surface area contributed by atoms with Crippen LogP contribution >= 0.6 is 15.9 Å². The van der Waals surface area contributed by atoms with Crippen LogP contribution in [0.5, 0.6) is 5.88 Å². The van der Waals surface area contributed by atoms with Gasteiger partial charge in [-0.25, -0.2) is 19.0 Å². The van der Waals surface area contributed by atoms with E-state index in [1.165, 1.54) is 24.8 Å². The number of carboxylic acid groups (broad SMARTS) is 1. The molecular formula is C19H16BrFN6O4. The number of ether oxygens (including phenoxy) is 1. The number of carbonyl (C=O) groups excluding carboxylic acids is 1. The Bertz CT molecular complexity index is 1250. The first-order valence-electron chi connectivity index (χ1n) is 8.95. The lowest BCUT2D eigenvalue weighted by Gasteiger charge is -2.16. The maximum atomic E-state index is 14.1. The van der Waals surface area contributed by atoms with Crippen LogP contribution in [0.4, 0.5) is 16.0 Å². The minimum atomic E-state index is -1.91. The second-order valence-electron chi connectivity index (χ2n) is 6.96. The van der Waals surface area contributed by atoms with Gasteiger partial charge in [-0.05, 0) is 28.9 Å². The van der Waals surface area contributed by atoms with Crippen LogP contribution in [0.25, 0.3) is 11.5 Å². The van der Waals surface area contributed by atoms with E-state index in [0.717, 1.165) is 0 Å². The van der Waals surface area contributed by atoms with Crippen molar-refractivity contribution < 1.29 is 23.8 Å². The second kappa shape index (κ2) is 7.30. The van der Waals surface area contributed by atoms with Crippen LogP contribution in [0.2, 0.25) is 0 Å². The van der Waals surface area contributed by atoms with Crippen molar-refractivity contribution in [3.05, 3.63) is 45.7 Å². The van der Waals surface area contributed by atoms with E-state index >= 15 is 0 Å². The van der Waals surface area contributed by atoms with Gasteiger partial charge in [-0.15, -0.1) is 0 Å². The minimum Gasteiger partial charge on any atom is -0.480 e. The highest BCUT2D eigenvalue weighted by Gasteiger charge is 2.52. The fourth-order valence-electron chi connectivity index (χ4n) is 3.38. The van der Waals surface area contributed by atoms with E-state index in [1.807, 2.05) is 0 Å². The van der Waals surface area contributed by atoms with Crippen LogP contribution in [0.3, 0.4) is 0 Å². The number of nitrogen functional groups attached to an aromatic ring is 1. The molecule has 160 valence electrons. The molecule has 4 N–H and O–H groups in total. The summed E-state index contributed by atoms with van der Waals surface area (Å²) in [6.07, 6.45) is 0. The monoisotopic (exact) mass is 490 g/mol. The Hall–Kier alpha value is -3.54. The molecule has 0 aliphatic carbocycles. The van der Waals surface area contributed by atoms with Gasteiger partial charge in [0.05, 0.1) is 19.2 Å². The molecule has 4 rings (SSSR count). The van der Waals surface area contributed by atoms with E-state index in [1.54, 1.807) is 18.2 Å². The molecule has 3 aromatic rings. The van der Waals surface area contributed by atoms with Crippen LogP contribution in [0.1, 0.15) is 18.1 Å². The van der Waals surface area contributed by atoms with E-state index in [2.05, 4.69) is 36.3 Å². The largest absolute Gasteiger partial charge is 0.480 e. The van der Waals surface area contributed by atoms with Gasteiger partial charge in [-0.1, -0.05) is 18.2 Å². The standard InChI is InChI=1S/C19H16BrFN6O4/c1-19(18(29)30)10-13(22)23-15(24-14(10)25-17(19)28)12-11(20)16(31-2)27(26-12)7-8-5-3-4-6-9(8)21/h3-6H,7H2,1-2H3,(H,29,30)(H3,22,23,24,25,28). The number of fused-ring (bicyclic) bond motifs is 1. The third kappa shape index (κ3) is 3.10. The number of hydrogen-bond acceptors (Lipinski definition) is 7. The van der Waals surface area contributed by atoms with Crippen molar-refractivity contribution >= 4 is 39.4 Å². The Morgan fingerprint density at radius 3 is 2.74 bits per heavy atom. The molecule has 10 nitrogen and oxygen atoms in total. The van der Waals surface area contributed by atoms with Gasteiger partial charge >= 0.3 is 5.97 Å². The van der Waals surface area contributed by atoms with Gasteiger partial charge in [0.25, 0.3) is 0 Å². The van der Waals surface area contributed by atoms with Crippen LogP contribution in [0.15, 0.2) is 28.7 Å². The third-order valence-electron chi connectivity index (χ3n) is 5.08. The summed E-state index contributed by atoms with van der Waals surface area (Å²) in [6, 6.07) is 6.25. The molecule has 3 heterocycles. The highest BCUT2D eigenvalue weighted by molar-refractivity contribution is 9.10. The molecule has 1 aliphatic rings. The smallest absolute Gasteiger partial charge is 0.323 e. The predicted octanol–water partition coefficient (Wildman–Crippen LogP) is 2.18. The number of nitrogens with zero attached hydrogens (tertiary/aromatic N) is 4. The summed E-state index contributed by atoms with van der Waals surface area (Å²) in [5, 5.41) is 16.4. The summed E-state index contributed by atoms with van der Waals surface area (Å²) in [6.45, 7) is 1.31. The Morgan fingerprint density at radius 1 is 1.39 bits per heavy atom. The molecule has 2 aromatic heterocycles. The van der Waals surface area contributed by atoms with Gasteiger partial charge in [0, 0.05) is 5.56 Å². The molecule has 31 heavy (non-hydrogen) atoms. The van der Waals surface area contributed by atoms with Gasteiger partial charge < -0.3 is 20.9 Å². The van der Waals surface area contributed by atoms with Crippen molar-refractivity contribution in [1.82, 2.24) is 19.7 Å². The van der Waals surface area contributed by atoms with E-state index in [9.17, 15) is 19.1 Å². The molecule has 0 saturated heterocycles. The maximum absolute atomic E-state index is 14.1. The number of carboxylic acids is 1. The SMILES string of the molecule is COc1c(Br)c(-c2nc(N)c3c(n2)NC(=O)C3(C)C(=O)O)nn1Cc1ccccc1F. The molecule has 0 radical (unpaired) electrons. The van der Waals surface area contributed by atoms with E-state index < -0.39 is 23.1 Å². The van der Waals surface area contributed by atoms with Gasteiger partial charge in [0.2, 0.25) is 11.8 Å². The number of benzene rings is 1. The summed E-state index contributed by atoms with van der Waals surface area (Å²) in [5.74, 6) is -2.39. The van der Waals surface area contributed by atoms with Gasteiger partial charge in [-0.3, -0.25) is 9.59 Å². The lowest BCUT2D eigenvalue weighted by atomic mass is 9.85. The van der Waals surface area contributed by atoms with Crippen molar-refractivity contribution in [3.8, 4) is 17.4 Å².